The van der Waals surface area contributed by atoms with E-state index in [1.165, 1.54) is 29.3 Å². The molecule has 0 N–H and O–H groups in total. The van der Waals surface area contributed by atoms with E-state index in [2.05, 4.69) is 50.8 Å². The van der Waals surface area contributed by atoms with Gasteiger partial charge in [0.15, 0.2) is 0 Å². The van der Waals surface area contributed by atoms with Gasteiger partial charge in [0, 0.05) is 0 Å². The van der Waals surface area contributed by atoms with Crippen LogP contribution in [0.2, 0.25) is 5.32 Å². The van der Waals surface area contributed by atoms with E-state index in [1.807, 2.05) is 0 Å². The van der Waals surface area contributed by atoms with Crippen LogP contribution >= 0.6 is 0 Å². The summed E-state index contributed by atoms with van der Waals surface area (Å²) in [6.45, 7) is 8.81. The molecule has 0 fully saturated rings. The first-order valence-corrected chi connectivity index (χ1v) is 8.47. The molecule has 1 aromatic rings. The molecule has 0 heterocycles. The Morgan fingerprint density at radius 1 is 1.18 bits per heavy atom. The first-order chi connectivity index (χ1) is 8.29. The Bertz CT molecular complexity index is 428. The molecule has 0 spiro atoms. The summed E-state index contributed by atoms with van der Waals surface area (Å²) in [5.74, 6) is 0.617. The van der Waals surface area contributed by atoms with Crippen molar-refractivity contribution in [3.63, 3.8) is 0 Å². The summed E-state index contributed by atoms with van der Waals surface area (Å²) in [4.78, 5) is 0. The van der Waals surface area contributed by atoms with Crippen LogP contribution in [0, 0.1) is 5.92 Å². The molecule has 1 aliphatic rings. The van der Waals surface area contributed by atoms with E-state index in [4.69, 9.17) is 0 Å². The van der Waals surface area contributed by atoms with Gasteiger partial charge in [0.25, 0.3) is 0 Å². The van der Waals surface area contributed by atoms with Gasteiger partial charge in [-0.2, -0.15) is 0 Å². The Balaban J connectivity index is 2.32. The van der Waals surface area contributed by atoms with Gasteiger partial charge in [-0.05, 0) is 0 Å². The van der Waals surface area contributed by atoms with Crippen LogP contribution in [0.1, 0.15) is 32.3 Å². The van der Waals surface area contributed by atoms with E-state index in [1.54, 1.807) is 10.0 Å². The van der Waals surface area contributed by atoms with Crippen molar-refractivity contribution in [3.8, 4) is 0 Å². The number of hydrogen-bond acceptors (Lipinski definition) is 0. The fourth-order valence-corrected chi connectivity index (χ4v) is 4.78. The maximum atomic E-state index is 4.28. The van der Waals surface area contributed by atoms with E-state index in [0.29, 0.717) is 20.9 Å². The summed E-state index contributed by atoms with van der Waals surface area (Å²) in [5.41, 5.74) is 4.42. The first kappa shape index (κ1) is 12.7. The zero-order valence-electron chi connectivity index (χ0n) is 10.7. The van der Waals surface area contributed by atoms with Crippen molar-refractivity contribution >= 4 is 20.5 Å². The van der Waals surface area contributed by atoms with Crippen LogP contribution in [-0.4, -0.2) is 15.0 Å². The fraction of sp³-hybridized carbons (Fsp3) is 0.375. The van der Waals surface area contributed by atoms with Crippen molar-refractivity contribution in [1.82, 2.24) is 0 Å². The zero-order chi connectivity index (χ0) is 12.3. The number of benzene rings is 1. The standard InChI is InChI=1S/C16H20Se/c1-4-11-17-16-12(3)14(5-2)15(16)13-9-7-6-8-10-13/h6-10,14H,3-5,11H2,1-2H3. The molecule has 1 aliphatic carbocycles. The summed E-state index contributed by atoms with van der Waals surface area (Å²) in [7, 11) is 0. The average Bonchev–Trinajstić information content (AvgIpc) is 2.37. The van der Waals surface area contributed by atoms with Crippen molar-refractivity contribution in [2.24, 2.45) is 5.92 Å². The van der Waals surface area contributed by atoms with Crippen molar-refractivity contribution < 1.29 is 0 Å². The monoisotopic (exact) mass is 292 g/mol. The topological polar surface area (TPSA) is 0 Å². The van der Waals surface area contributed by atoms with Gasteiger partial charge in [-0.3, -0.25) is 0 Å². The molecule has 1 unspecified atom stereocenters. The first-order valence-electron chi connectivity index (χ1n) is 6.41. The average molecular weight is 291 g/mol. The molecule has 17 heavy (non-hydrogen) atoms. The molecule has 0 amide bonds. The molecule has 1 heteroatoms. The SMILES string of the molecule is C=C1C([Se]CCC)=C(c2ccccc2)C1CC. The van der Waals surface area contributed by atoms with Gasteiger partial charge in [0.05, 0.1) is 0 Å². The zero-order valence-corrected chi connectivity index (χ0v) is 12.4. The van der Waals surface area contributed by atoms with E-state index < -0.39 is 0 Å². The molecule has 0 aromatic heterocycles. The molecule has 1 aromatic carbocycles. The predicted octanol–water partition coefficient (Wildman–Crippen LogP) is 4.53. The predicted molar refractivity (Wildman–Crippen MR) is 77.1 cm³/mol. The second-order valence-corrected chi connectivity index (χ2v) is 6.76. The Morgan fingerprint density at radius 2 is 1.88 bits per heavy atom. The minimum atomic E-state index is 0.617. The molecule has 2 rings (SSSR count). The molecule has 1 atom stereocenters. The molecular formula is C16H20Se. The van der Waals surface area contributed by atoms with Crippen LogP contribution in [0.4, 0.5) is 0 Å². The molecule has 0 radical (unpaired) electrons. The molecular weight excluding hydrogens is 271 g/mol. The second kappa shape index (κ2) is 5.71. The third kappa shape index (κ3) is 2.41. The minimum absolute atomic E-state index is 0.617. The molecule has 0 nitrogen and oxygen atoms in total. The van der Waals surface area contributed by atoms with Crippen molar-refractivity contribution in [3.05, 3.63) is 52.5 Å². The molecule has 0 saturated heterocycles. The van der Waals surface area contributed by atoms with Crippen LogP contribution in [0.3, 0.4) is 0 Å². The van der Waals surface area contributed by atoms with E-state index >= 15 is 0 Å². The molecule has 0 bridgehead atoms. The third-order valence-electron chi connectivity index (χ3n) is 3.25. The van der Waals surface area contributed by atoms with Gasteiger partial charge >= 0.3 is 111 Å². The third-order valence-corrected chi connectivity index (χ3v) is 6.15. The van der Waals surface area contributed by atoms with Gasteiger partial charge < -0.3 is 0 Å². The summed E-state index contributed by atoms with van der Waals surface area (Å²) in [5, 5.41) is 1.34. The van der Waals surface area contributed by atoms with Crippen LogP contribution in [0.25, 0.3) is 5.57 Å². The van der Waals surface area contributed by atoms with Gasteiger partial charge in [-0.25, -0.2) is 0 Å². The quantitative estimate of drug-likeness (QED) is 0.699. The van der Waals surface area contributed by atoms with Crippen LogP contribution in [0.15, 0.2) is 47.0 Å². The molecule has 0 saturated carbocycles. The van der Waals surface area contributed by atoms with Crippen LogP contribution in [-0.2, 0) is 0 Å². The Morgan fingerprint density at radius 3 is 2.47 bits per heavy atom. The van der Waals surface area contributed by atoms with Gasteiger partial charge in [-0.1, -0.05) is 0 Å². The van der Waals surface area contributed by atoms with E-state index in [0.717, 1.165) is 0 Å². The normalized spacial score (nSPS) is 19.4. The Labute approximate surface area is 111 Å². The Kier molecular flexibility index (Phi) is 4.25. The molecule has 0 aliphatic heterocycles. The maximum absolute atomic E-state index is 4.28. The molecule has 90 valence electrons. The van der Waals surface area contributed by atoms with E-state index in [9.17, 15) is 0 Å². The van der Waals surface area contributed by atoms with Crippen molar-refractivity contribution in [1.29, 1.82) is 0 Å². The van der Waals surface area contributed by atoms with Gasteiger partial charge in [0.1, 0.15) is 0 Å². The van der Waals surface area contributed by atoms with Gasteiger partial charge in [-0.15, -0.1) is 0 Å². The Hall–Kier alpha value is -0.781. The summed E-state index contributed by atoms with van der Waals surface area (Å²) < 4.78 is 1.59. The van der Waals surface area contributed by atoms with Crippen LogP contribution in [0.5, 0.6) is 0 Å². The number of allylic oxidation sites excluding steroid dienone is 3. The van der Waals surface area contributed by atoms with Crippen molar-refractivity contribution in [2.45, 2.75) is 32.0 Å². The van der Waals surface area contributed by atoms with Gasteiger partial charge in [0.2, 0.25) is 0 Å². The fourth-order valence-electron chi connectivity index (χ4n) is 2.36. The van der Waals surface area contributed by atoms with E-state index in [-0.39, 0.29) is 0 Å². The second-order valence-electron chi connectivity index (χ2n) is 4.44. The summed E-state index contributed by atoms with van der Waals surface area (Å²) >= 11 is 0.628. The number of hydrogen-bond donors (Lipinski definition) is 0. The summed E-state index contributed by atoms with van der Waals surface area (Å²) in [6, 6.07) is 10.9. The van der Waals surface area contributed by atoms with Crippen LogP contribution < -0.4 is 0 Å². The van der Waals surface area contributed by atoms with Crippen molar-refractivity contribution in [2.75, 3.05) is 0 Å². The summed E-state index contributed by atoms with van der Waals surface area (Å²) in [6.07, 6.45) is 2.48. The number of rotatable bonds is 5.